The highest BCUT2D eigenvalue weighted by Crippen LogP contribution is 2.51. The maximum atomic E-state index is 13.6. The Hall–Kier alpha value is -3.47. The van der Waals surface area contributed by atoms with Gasteiger partial charge in [-0.15, -0.1) is 0 Å². The number of hydrogen-bond acceptors (Lipinski definition) is 4. The fourth-order valence-electron chi connectivity index (χ4n) is 4.10. The van der Waals surface area contributed by atoms with E-state index >= 15 is 0 Å². The third kappa shape index (κ3) is 3.18. The SMILES string of the molecule is COC(=O)[C@@]1(c2ccc(F)cc2)Nc2ccccc2[C@@H]1CC(=O)c1ccccc1. The lowest BCUT2D eigenvalue weighted by Crippen LogP contribution is -2.46. The second-order valence-corrected chi connectivity index (χ2v) is 7.06. The number of hydrogen-bond donors (Lipinski definition) is 1. The number of para-hydroxylation sites is 1. The van der Waals surface area contributed by atoms with Crippen LogP contribution in [0, 0.1) is 5.82 Å². The highest BCUT2D eigenvalue weighted by atomic mass is 19.1. The first-order chi connectivity index (χ1) is 14.1. The van der Waals surface area contributed by atoms with Gasteiger partial charge in [0.2, 0.25) is 0 Å². The number of ketones is 1. The summed E-state index contributed by atoms with van der Waals surface area (Å²) in [4.78, 5) is 26.2. The highest BCUT2D eigenvalue weighted by molar-refractivity contribution is 5.99. The molecule has 1 N–H and O–H groups in total. The molecule has 0 spiro atoms. The van der Waals surface area contributed by atoms with Gasteiger partial charge in [0.15, 0.2) is 11.3 Å². The molecule has 1 aliphatic rings. The molecular formula is C24H20FNO3. The number of esters is 1. The van der Waals surface area contributed by atoms with Gasteiger partial charge in [-0.2, -0.15) is 0 Å². The number of benzene rings is 3. The number of fused-ring (bicyclic) bond motifs is 1. The number of carbonyl (C=O) groups is 2. The number of rotatable bonds is 5. The van der Waals surface area contributed by atoms with Crippen LogP contribution in [0.15, 0.2) is 78.9 Å². The summed E-state index contributed by atoms with van der Waals surface area (Å²) in [5.74, 6) is -1.51. The van der Waals surface area contributed by atoms with E-state index in [2.05, 4.69) is 5.32 Å². The van der Waals surface area contributed by atoms with E-state index in [1.807, 2.05) is 42.5 Å². The summed E-state index contributed by atoms with van der Waals surface area (Å²) < 4.78 is 18.7. The molecule has 0 radical (unpaired) electrons. The molecule has 2 atom stereocenters. The van der Waals surface area contributed by atoms with Gasteiger partial charge in [-0.05, 0) is 29.3 Å². The first-order valence-corrected chi connectivity index (χ1v) is 9.36. The zero-order valence-electron chi connectivity index (χ0n) is 15.9. The van der Waals surface area contributed by atoms with Gasteiger partial charge in [0.1, 0.15) is 5.82 Å². The number of Topliss-reactive ketones (excluding diaryl/α,β-unsaturated/α-hetero) is 1. The Morgan fingerprint density at radius 2 is 1.62 bits per heavy atom. The average Bonchev–Trinajstić information content (AvgIpc) is 3.09. The summed E-state index contributed by atoms with van der Waals surface area (Å²) in [7, 11) is 1.31. The van der Waals surface area contributed by atoms with E-state index < -0.39 is 23.2 Å². The summed E-state index contributed by atoms with van der Waals surface area (Å²) in [6.07, 6.45) is 0.0977. The Morgan fingerprint density at radius 3 is 2.31 bits per heavy atom. The van der Waals surface area contributed by atoms with Crippen molar-refractivity contribution in [1.82, 2.24) is 0 Å². The number of carbonyl (C=O) groups excluding carboxylic acids is 2. The number of methoxy groups -OCH3 is 1. The Balaban J connectivity index is 1.85. The van der Waals surface area contributed by atoms with E-state index in [1.54, 1.807) is 24.3 Å². The second kappa shape index (κ2) is 7.51. The van der Waals surface area contributed by atoms with Crippen molar-refractivity contribution in [3.8, 4) is 0 Å². The van der Waals surface area contributed by atoms with Gasteiger partial charge in [0, 0.05) is 23.6 Å². The van der Waals surface area contributed by atoms with Crippen molar-refractivity contribution in [2.45, 2.75) is 17.9 Å². The molecule has 3 aromatic rings. The molecule has 0 aliphatic carbocycles. The molecule has 0 saturated heterocycles. The molecule has 1 aliphatic heterocycles. The topological polar surface area (TPSA) is 55.4 Å². The van der Waals surface area contributed by atoms with E-state index in [4.69, 9.17) is 4.74 Å². The normalized spacial score (nSPS) is 19.9. The van der Waals surface area contributed by atoms with Crippen molar-refractivity contribution in [1.29, 1.82) is 0 Å². The molecule has 3 aromatic carbocycles. The summed E-state index contributed by atoms with van der Waals surface area (Å²) in [5, 5.41) is 3.29. The zero-order chi connectivity index (χ0) is 20.4. The summed E-state index contributed by atoms with van der Waals surface area (Å²) in [5.41, 5.74) is 1.42. The number of anilines is 1. The Bertz CT molecular complexity index is 1050. The third-order valence-corrected chi connectivity index (χ3v) is 5.48. The summed E-state index contributed by atoms with van der Waals surface area (Å²) in [6.45, 7) is 0. The van der Waals surface area contributed by atoms with Crippen LogP contribution in [-0.2, 0) is 15.1 Å². The average molecular weight is 389 g/mol. The van der Waals surface area contributed by atoms with Gasteiger partial charge in [0.25, 0.3) is 0 Å². The van der Waals surface area contributed by atoms with Crippen molar-refractivity contribution in [2.75, 3.05) is 12.4 Å². The number of nitrogens with one attached hydrogen (secondary N) is 1. The number of halogens is 1. The molecule has 0 bridgehead atoms. The molecule has 4 rings (SSSR count). The van der Waals surface area contributed by atoms with Gasteiger partial charge in [-0.3, -0.25) is 4.79 Å². The minimum Gasteiger partial charge on any atom is -0.467 e. The van der Waals surface area contributed by atoms with Gasteiger partial charge < -0.3 is 10.1 Å². The number of ether oxygens (including phenoxy) is 1. The quantitative estimate of drug-likeness (QED) is 0.509. The van der Waals surface area contributed by atoms with Crippen LogP contribution in [0.4, 0.5) is 10.1 Å². The lowest BCUT2D eigenvalue weighted by Gasteiger charge is -2.33. The Labute approximate surface area is 168 Å². The molecule has 0 fully saturated rings. The van der Waals surface area contributed by atoms with E-state index in [-0.39, 0.29) is 12.2 Å². The molecule has 1 heterocycles. The standard InChI is InChI=1S/C24H20FNO3/c1-29-23(28)24(17-11-13-18(25)14-12-17)20(19-9-5-6-10-21(19)26-24)15-22(27)16-7-3-2-4-8-16/h2-14,20,26H,15H2,1H3/t20-,24-/m0/s1. The molecule has 0 saturated carbocycles. The Morgan fingerprint density at radius 1 is 0.966 bits per heavy atom. The fourth-order valence-corrected chi connectivity index (χ4v) is 4.10. The second-order valence-electron chi connectivity index (χ2n) is 7.06. The summed E-state index contributed by atoms with van der Waals surface area (Å²) >= 11 is 0. The fraction of sp³-hybridized carbons (Fsp3) is 0.167. The van der Waals surface area contributed by atoms with Crippen molar-refractivity contribution in [3.05, 3.63) is 101 Å². The molecule has 29 heavy (non-hydrogen) atoms. The highest BCUT2D eigenvalue weighted by Gasteiger charge is 2.54. The van der Waals surface area contributed by atoms with Gasteiger partial charge in [-0.1, -0.05) is 60.7 Å². The van der Waals surface area contributed by atoms with Crippen LogP contribution in [0.1, 0.15) is 33.8 Å². The van der Waals surface area contributed by atoms with Crippen molar-refractivity contribution < 1.29 is 18.7 Å². The van der Waals surface area contributed by atoms with Crippen LogP contribution < -0.4 is 5.32 Å². The van der Waals surface area contributed by atoms with Crippen molar-refractivity contribution in [3.63, 3.8) is 0 Å². The first-order valence-electron chi connectivity index (χ1n) is 9.36. The molecule has 4 nitrogen and oxygen atoms in total. The minimum atomic E-state index is -1.32. The largest absolute Gasteiger partial charge is 0.467 e. The Kier molecular flexibility index (Phi) is 4.89. The van der Waals surface area contributed by atoms with Crippen LogP contribution in [0.2, 0.25) is 0 Å². The predicted molar refractivity (Wildman–Crippen MR) is 108 cm³/mol. The lowest BCUT2D eigenvalue weighted by atomic mass is 9.74. The van der Waals surface area contributed by atoms with Gasteiger partial charge in [-0.25, -0.2) is 9.18 Å². The minimum absolute atomic E-state index is 0.0792. The van der Waals surface area contributed by atoms with Crippen LogP contribution in [-0.4, -0.2) is 18.9 Å². The first kappa shape index (κ1) is 18.9. The lowest BCUT2D eigenvalue weighted by molar-refractivity contribution is -0.147. The molecule has 5 heteroatoms. The molecule has 0 aromatic heterocycles. The van der Waals surface area contributed by atoms with E-state index in [1.165, 1.54) is 19.2 Å². The van der Waals surface area contributed by atoms with E-state index in [9.17, 15) is 14.0 Å². The van der Waals surface area contributed by atoms with Crippen LogP contribution in [0.25, 0.3) is 0 Å². The zero-order valence-corrected chi connectivity index (χ0v) is 15.9. The maximum absolute atomic E-state index is 13.6. The molecular weight excluding hydrogens is 369 g/mol. The van der Waals surface area contributed by atoms with Crippen molar-refractivity contribution in [2.24, 2.45) is 0 Å². The van der Waals surface area contributed by atoms with Crippen LogP contribution >= 0.6 is 0 Å². The van der Waals surface area contributed by atoms with Crippen LogP contribution in [0.5, 0.6) is 0 Å². The van der Waals surface area contributed by atoms with Crippen molar-refractivity contribution >= 4 is 17.4 Å². The monoisotopic (exact) mass is 389 g/mol. The molecule has 0 amide bonds. The van der Waals surface area contributed by atoms with Crippen LogP contribution in [0.3, 0.4) is 0 Å². The van der Waals surface area contributed by atoms with Gasteiger partial charge in [0.05, 0.1) is 7.11 Å². The smallest absolute Gasteiger partial charge is 0.336 e. The predicted octanol–water partition coefficient (Wildman–Crippen LogP) is 4.68. The third-order valence-electron chi connectivity index (χ3n) is 5.48. The summed E-state index contributed by atoms with van der Waals surface area (Å²) in [6, 6.07) is 22.2. The van der Waals surface area contributed by atoms with Gasteiger partial charge >= 0.3 is 5.97 Å². The molecule has 0 unspecified atom stereocenters. The van der Waals surface area contributed by atoms with E-state index in [0.29, 0.717) is 11.1 Å². The maximum Gasteiger partial charge on any atom is 0.336 e. The molecule has 146 valence electrons. The van der Waals surface area contributed by atoms with E-state index in [0.717, 1.165) is 11.3 Å².